The van der Waals surface area contributed by atoms with Gasteiger partial charge in [-0.3, -0.25) is 4.79 Å². The van der Waals surface area contributed by atoms with Crippen LogP contribution >= 0.6 is 0 Å². The predicted octanol–water partition coefficient (Wildman–Crippen LogP) is 2.32. The lowest BCUT2D eigenvalue weighted by Crippen LogP contribution is -2.38. The monoisotopic (exact) mass is 301 g/mol. The molecule has 1 amide bonds. The van der Waals surface area contributed by atoms with Crippen molar-refractivity contribution < 1.29 is 9.90 Å². The van der Waals surface area contributed by atoms with E-state index in [1.165, 1.54) is 0 Å². The first-order chi connectivity index (χ1) is 10.5. The number of nitrogens with one attached hydrogen (secondary N) is 1. The smallest absolute Gasteiger partial charge is 0.251 e. The first-order valence-corrected chi connectivity index (χ1v) is 7.53. The Hall–Kier alpha value is -2.14. The molecule has 1 aromatic heterocycles. The van der Waals surface area contributed by atoms with Gasteiger partial charge in [-0.15, -0.1) is 0 Å². The molecule has 1 unspecified atom stereocenters. The Labute approximate surface area is 131 Å². The normalized spacial score (nSPS) is 12.4. The van der Waals surface area contributed by atoms with Crippen LogP contribution in [-0.2, 0) is 0 Å². The minimum atomic E-state index is -0.207. The van der Waals surface area contributed by atoms with Crippen LogP contribution in [0, 0.1) is 12.8 Å². The maximum atomic E-state index is 12.2. The molecule has 0 saturated carbocycles. The molecule has 22 heavy (non-hydrogen) atoms. The second-order valence-corrected chi connectivity index (χ2v) is 5.99. The number of carbonyl (C=O) groups is 1. The molecule has 0 saturated heterocycles. The largest absolute Gasteiger partial charge is 0.394 e. The summed E-state index contributed by atoms with van der Waals surface area (Å²) in [6.45, 7) is 6.06. The van der Waals surface area contributed by atoms with Gasteiger partial charge in [0.25, 0.3) is 5.91 Å². The zero-order chi connectivity index (χ0) is 16.1. The second kappa shape index (κ2) is 7.22. The third kappa shape index (κ3) is 4.18. The molecule has 2 N–H and O–H groups in total. The molecular formula is C17H23N3O2. The molecule has 0 fully saturated rings. The van der Waals surface area contributed by atoms with E-state index in [0.29, 0.717) is 11.5 Å². The van der Waals surface area contributed by atoms with E-state index >= 15 is 0 Å². The van der Waals surface area contributed by atoms with E-state index in [2.05, 4.69) is 24.3 Å². The highest BCUT2D eigenvalue weighted by Gasteiger charge is 2.14. The number of carbonyl (C=O) groups excluding carboxylic acids is 1. The molecule has 0 aliphatic carbocycles. The first-order valence-electron chi connectivity index (χ1n) is 7.53. The Morgan fingerprint density at radius 3 is 2.50 bits per heavy atom. The maximum absolute atomic E-state index is 12.2. The lowest BCUT2D eigenvalue weighted by atomic mass is 10.0. The molecule has 0 aliphatic heterocycles. The third-order valence-corrected chi connectivity index (χ3v) is 3.42. The SMILES string of the molecule is Cc1cnn(-c2ccc(C(=O)NC(CO)CC(C)C)cc2)c1. The van der Waals surface area contributed by atoms with Gasteiger partial charge in [0, 0.05) is 11.8 Å². The Balaban J connectivity index is 2.04. The summed E-state index contributed by atoms with van der Waals surface area (Å²) in [5.41, 5.74) is 2.57. The van der Waals surface area contributed by atoms with Gasteiger partial charge in [0.05, 0.1) is 24.5 Å². The van der Waals surface area contributed by atoms with Crippen molar-refractivity contribution in [3.8, 4) is 5.69 Å². The Morgan fingerprint density at radius 1 is 1.32 bits per heavy atom. The van der Waals surface area contributed by atoms with Gasteiger partial charge < -0.3 is 10.4 Å². The van der Waals surface area contributed by atoms with E-state index < -0.39 is 0 Å². The summed E-state index contributed by atoms with van der Waals surface area (Å²) in [7, 11) is 0. The first kappa shape index (κ1) is 16.2. The van der Waals surface area contributed by atoms with Crippen LogP contribution in [0.4, 0.5) is 0 Å². The van der Waals surface area contributed by atoms with Gasteiger partial charge in [0.15, 0.2) is 0 Å². The molecule has 2 aromatic rings. The van der Waals surface area contributed by atoms with Crippen molar-refractivity contribution in [2.24, 2.45) is 5.92 Å². The zero-order valence-corrected chi connectivity index (χ0v) is 13.3. The average Bonchev–Trinajstić information content (AvgIpc) is 2.92. The summed E-state index contributed by atoms with van der Waals surface area (Å²) in [6.07, 6.45) is 4.48. The fourth-order valence-electron chi connectivity index (χ4n) is 2.34. The number of aromatic nitrogens is 2. The van der Waals surface area contributed by atoms with E-state index in [4.69, 9.17) is 0 Å². The van der Waals surface area contributed by atoms with Gasteiger partial charge in [0.1, 0.15) is 0 Å². The highest BCUT2D eigenvalue weighted by Crippen LogP contribution is 2.11. The topological polar surface area (TPSA) is 67.2 Å². The van der Waals surface area contributed by atoms with Gasteiger partial charge >= 0.3 is 0 Å². The number of aliphatic hydroxyl groups excluding tert-OH is 1. The summed E-state index contributed by atoms with van der Waals surface area (Å²) in [5, 5.41) is 16.4. The van der Waals surface area contributed by atoms with Gasteiger partial charge in [-0.2, -0.15) is 5.10 Å². The molecular weight excluding hydrogens is 278 g/mol. The number of hydrogen-bond donors (Lipinski definition) is 2. The summed E-state index contributed by atoms with van der Waals surface area (Å²) in [4.78, 5) is 12.2. The van der Waals surface area contributed by atoms with Crippen molar-refractivity contribution >= 4 is 5.91 Å². The number of hydrogen-bond acceptors (Lipinski definition) is 3. The molecule has 0 aliphatic rings. The maximum Gasteiger partial charge on any atom is 0.251 e. The van der Waals surface area contributed by atoms with Crippen LogP contribution in [0.2, 0.25) is 0 Å². The standard InChI is InChI=1S/C17H23N3O2/c1-12(2)8-15(11-21)19-17(22)14-4-6-16(7-5-14)20-10-13(3)9-18-20/h4-7,9-10,12,15,21H,8,11H2,1-3H3,(H,19,22). The van der Waals surface area contributed by atoms with Crippen molar-refractivity contribution in [2.75, 3.05) is 6.61 Å². The van der Waals surface area contributed by atoms with Crippen molar-refractivity contribution in [3.05, 3.63) is 47.8 Å². The molecule has 5 nitrogen and oxygen atoms in total. The third-order valence-electron chi connectivity index (χ3n) is 3.42. The van der Waals surface area contributed by atoms with Crippen molar-refractivity contribution in [2.45, 2.75) is 33.2 Å². The Kier molecular flexibility index (Phi) is 5.33. The molecule has 1 aromatic carbocycles. The van der Waals surface area contributed by atoms with E-state index in [-0.39, 0.29) is 18.6 Å². The summed E-state index contributed by atoms with van der Waals surface area (Å²) < 4.78 is 1.77. The van der Waals surface area contributed by atoms with E-state index in [9.17, 15) is 9.90 Å². The second-order valence-electron chi connectivity index (χ2n) is 5.99. The fraction of sp³-hybridized carbons (Fsp3) is 0.412. The van der Waals surface area contributed by atoms with E-state index in [0.717, 1.165) is 17.7 Å². The lowest BCUT2D eigenvalue weighted by molar-refractivity contribution is 0.0908. The van der Waals surface area contributed by atoms with Crippen LogP contribution in [0.25, 0.3) is 5.69 Å². The van der Waals surface area contributed by atoms with Gasteiger partial charge in [-0.05, 0) is 49.1 Å². The van der Waals surface area contributed by atoms with Crippen LogP contribution in [0.3, 0.4) is 0 Å². The summed E-state index contributed by atoms with van der Waals surface area (Å²) in [5.74, 6) is 0.255. The van der Waals surface area contributed by atoms with Crippen molar-refractivity contribution in [1.29, 1.82) is 0 Å². The van der Waals surface area contributed by atoms with E-state index in [1.54, 1.807) is 23.0 Å². The van der Waals surface area contributed by atoms with Crippen LogP contribution in [0.15, 0.2) is 36.7 Å². The number of aliphatic hydroxyl groups is 1. The number of aryl methyl sites for hydroxylation is 1. The number of benzene rings is 1. The van der Waals surface area contributed by atoms with Gasteiger partial charge in [-0.1, -0.05) is 13.8 Å². The molecule has 0 spiro atoms. The zero-order valence-electron chi connectivity index (χ0n) is 13.3. The van der Waals surface area contributed by atoms with Crippen LogP contribution < -0.4 is 5.32 Å². The molecule has 0 bridgehead atoms. The molecule has 2 rings (SSSR count). The number of amides is 1. The van der Waals surface area contributed by atoms with Gasteiger partial charge in [-0.25, -0.2) is 4.68 Å². The van der Waals surface area contributed by atoms with Crippen molar-refractivity contribution in [1.82, 2.24) is 15.1 Å². The Morgan fingerprint density at radius 2 is 2.00 bits per heavy atom. The molecule has 5 heteroatoms. The Bertz CT molecular complexity index is 617. The lowest BCUT2D eigenvalue weighted by Gasteiger charge is -2.18. The average molecular weight is 301 g/mol. The summed E-state index contributed by atoms with van der Waals surface area (Å²) >= 11 is 0. The molecule has 118 valence electrons. The van der Waals surface area contributed by atoms with Crippen LogP contribution in [0.1, 0.15) is 36.2 Å². The van der Waals surface area contributed by atoms with E-state index in [1.807, 2.05) is 25.3 Å². The summed E-state index contributed by atoms with van der Waals surface area (Å²) in [6, 6.07) is 7.05. The predicted molar refractivity (Wildman–Crippen MR) is 86.1 cm³/mol. The molecule has 1 heterocycles. The van der Waals surface area contributed by atoms with Crippen LogP contribution in [-0.4, -0.2) is 33.4 Å². The minimum absolute atomic E-state index is 0.0471. The molecule has 1 atom stereocenters. The number of nitrogens with zero attached hydrogens (tertiary/aromatic N) is 2. The number of rotatable bonds is 6. The van der Waals surface area contributed by atoms with Crippen molar-refractivity contribution in [3.63, 3.8) is 0 Å². The van der Waals surface area contributed by atoms with Crippen LogP contribution in [0.5, 0.6) is 0 Å². The fourth-order valence-corrected chi connectivity index (χ4v) is 2.34. The highest BCUT2D eigenvalue weighted by molar-refractivity contribution is 5.94. The highest BCUT2D eigenvalue weighted by atomic mass is 16.3. The van der Waals surface area contributed by atoms with Gasteiger partial charge in [0.2, 0.25) is 0 Å². The molecule has 0 radical (unpaired) electrons. The minimum Gasteiger partial charge on any atom is -0.394 e. The quantitative estimate of drug-likeness (QED) is 0.860.